The number of ether oxygens (including phenoxy) is 2. The monoisotopic (exact) mass is 322 g/mol. The highest BCUT2D eigenvalue weighted by atomic mass is 16.6. The maximum atomic E-state index is 9.75. The van der Waals surface area contributed by atoms with Gasteiger partial charge in [0, 0.05) is 13.0 Å². The van der Waals surface area contributed by atoms with E-state index in [9.17, 15) is 10.2 Å². The van der Waals surface area contributed by atoms with Crippen LogP contribution in [0.2, 0.25) is 0 Å². The summed E-state index contributed by atoms with van der Waals surface area (Å²) in [5.41, 5.74) is 0.816. The van der Waals surface area contributed by atoms with Crippen LogP contribution in [-0.2, 0) is 9.47 Å². The van der Waals surface area contributed by atoms with Gasteiger partial charge < -0.3 is 19.7 Å². The van der Waals surface area contributed by atoms with Crippen LogP contribution in [0.25, 0.3) is 11.2 Å². The fraction of sp³-hybridized carbons (Fsp3) is 0.667. The van der Waals surface area contributed by atoms with Crippen LogP contribution in [0.4, 0.5) is 0 Å². The molecule has 0 bridgehead atoms. The minimum absolute atomic E-state index is 0.0574. The number of aromatic hydroxyl groups is 1. The normalized spacial score (nSPS) is 24.5. The lowest BCUT2D eigenvalue weighted by Gasteiger charge is -2.20. The molecule has 2 N–H and O–H groups in total. The number of hydrogen-bond acceptors (Lipinski definition) is 7. The number of hydrogen-bond donors (Lipinski definition) is 2. The Hall–Kier alpha value is -1.77. The van der Waals surface area contributed by atoms with Gasteiger partial charge >= 0.3 is 0 Å². The Morgan fingerprint density at radius 3 is 3.00 bits per heavy atom. The van der Waals surface area contributed by atoms with E-state index in [1.807, 2.05) is 0 Å². The average molecular weight is 322 g/mol. The summed E-state index contributed by atoms with van der Waals surface area (Å²) in [7, 11) is 0. The quantitative estimate of drug-likeness (QED) is 0.742. The Labute approximate surface area is 134 Å². The first-order valence-electron chi connectivity index (χ1n) is 7.99. The van der Waals surface area contributed by atoms with E-state index in [2.05, 4.69) is 21.9 Å². The Bertz CT molecular complexity index is 647. The third-order valence-corrected chi connectivity index (χ3v) is 4.04. The molecule has 8 nitrogen and oxygen atoms in total. The van der Waals surface area contributed by atoms with E-state index in [1.54, 1.807) is 10.9 Å². The van der Waals surface area contributed by atoms with Crippen LogP contribution < -0.4 is 0 Å². The first-order valence-corrected chi connectivity index (χ1v) is 7.99. The zero-order valence-corrected chi connectivity index (χ0v) is 13.1. The lowest BCUT2D eigenvalue weighted by molar-refractivity contribution is -0.0692. The summed E-state index contributed by atoms with van der Waals surface area (Å²) in [4.78, 5) is 12.0. The van der Waals surface area contributed by atoms with Gasteiger partial charge in [0.1, 0.15) is 12.4 Å². The smallest absolute Gasteiger partial charge is 0.242 e. The largest absolute Gasteiger partial charge is 0.492 e. The standard InChI is InChI=1S/C15H22N4O4/c1-2-3-4-5-22-11-6-10(7-20)23-15(11)19-9-18-12-13(19)16-8-17-14(12)21/h8-11,15,20H,2-7H2,1H3,(H,16,17,21)/t10-,11+,15+/m0/s1. The molecule has 3 heterocycles. The highest BCUT2D eigenvalue weighted by molar-refractivity contribution is 5.75. The van der Waals surface area contributed by atoms with E-state index >= 15 is 0 Å². The molecule has 0 unspecified atom stereocenters. The van der Waals surface area contributed by atoms with E-state index in [1.165, 1.54) is 6.33 Å². The van der Waals surface area contributed by atoms with Crippen molar-refractivity contribution >= 4 is 11.2 Å². The highest BCUT2D eigenvalue weighted by Crippen LogP contribution is 2.33. The summed E-state index contributed by atoms with van der Waals surface area (Å²) in [6, 6.07) is 0. The van der Waals surface area contributed by atoms with Crippen molar-refractivity contribution in [3.8, 4) is 5.88 Å². The molecule has 0 radical (unpaired) electrons. The van der Waals surface area contributed by atoms with Gasteiger partial charge in [0.2, 0.25) is 5.88 Å². The maximum Gasteiger partial charge on any atom is 0.242 e. The van der Waals surface area contributed by atoms with Gasteiger partial charge in [-0.1, -0.05) is 19.8 Å². The molecule has 3 rings (SSSR count). The first kappa shape index (κ1) is 16.1. The Kier molecular flexibility index (Phi) is 5.04. The minimum Gasteiger partial charge on any atom is -0.492 e. The summed E-state index contributed by atoms with van der Waals surface area (Å²) < 4.78 is 13.6. The molecule has 1 saturated heterocycles. The molecule has 0 aliphatic carbocycles. The van der Waals surface area contributed by atoms with Crippen molar-refractivity contribution < 1.29 is 19.7 Å². The van der Waals surface area contributed by atoms with Crippen LogP contribution in [0.15, 0.2) is 12.7 Å². The number of unbranched alkanes of at least 4 members (excludes halogenated alkanes) is 2. The van der Waals surface area contributed by atoms with Crippen molar-refractivity contribution in [3.63, 3.8) is 0 Å². The SMILES string of the molecule is CCCCCO[C@@H]1C[C@@H](CO)O[C@H]1n1cnc2c(O)ncnc21. The van der Waals surface area contributed by atoms with E-state index in [0.717, 1.165) is 19.3 Å². The summed E-state index contributed by atoms with van der Waals surface area (Å²) in [6.45, 7) is 2.74. The maximum absolute atomic E-state index is 9.75. The summed E-state index contributed by atoms with van der Waals surface area (Å²) in [6.07, 6.45) is 5.83. The van der Waals surface area contributed by atoms with Gasteiger partial charge in [-0.25, -0.2) is 9.97 Å². The second kappa shape index (κ2) is 7.20. The Morgan fingerprint density at radius 2 is 2.22 bits per heavy atom. The van der Waals surface area contributed by atoms with Crippen LogP contribution in [0.3, 0.4) is 0 Å². The molecule has 1 aliphatic heterocycles. The molecule has 126 valence electrons. The summed E-state index contributed by atoms with van der Waals surface area (Å²) >= 11 is 0. The predicted molar refractivity (Wildman–Crippen MR) is 81.9 cm³/mol. The second-order valence-corrected chi connectivity index (χ2v) is 5.70. The van der Waals surface area contributed by atoms with Gasteiger partial charge in [-0.15, -0.1) is 0 Å². The Morgan fingerprint density at radius 1 is 1.35 bits per heavy atom. The molecule has 1 aliphatic rings. The van der Waals surface area contributed by atoms with Crippen LogP contribution in [0.5, 0.6) is 5.88 Å². The van der Waals surface area contributed by atoms with Gasteiger partial charge in [-0.05, 0) is 6.42 Å². The average Bonchev–Trinajstić information content (AvgIpc) is 3.16. The fourth-order valence-electron chi connectivity index (χ4n) is 2.84. The number of fused-ring (bicyclic) bond motifs is 1. The molecule has 2 aromatic heterocycles. The highest BCUT2D eigenvalue weighted by Gasteiger charge is 2.38. The van der Waals surface area contributed by atoms with Crippen molar-refractivity contribution in [1.29, 1.82) is 0 Å². The lowest BCUT2D eigenvalue weighted by atomic mass is 10.2. The number of imidazole rings is 1. The van der Waals surface area contributed by atoms with Crippen LogP contribution in [0, 0.1) is 0 Å². The molecular weight excluding hydrogens is 300 g/mol. The molecule has 0 amide bonds. The van der Waals surface area contributed by atoms with E-state index < -0.39 is 6.23 Å². The summed E-state index contributed by atoms with van der Waals surface area (Å²) in [5, 5.41) is 19.1. The number of nitrogens with zero attached hydrogens (tertiary/aromatic N) is 4. The molecule has 23 heavy (non-hydrogen) atoms. The third kappa shape index (κ3) is 3.29. The first-order chi connectivity index (χ1) is 11.2. The second-order valence-electron chi connectivity index (χ2n) is 5.70. The molecule has 2 aromatic rings. The zero-order chi connectivity index (χ0) is 16.2. The Balaban J connectivity index is 1.80. The van der Waals surface area contributed by atoms with E-state index in [4.69, 9.17) is 9.47 Å². The molecule has 0 saturated carbocycles. The van der Waals surface area contributed by atoms with Gasteiger partial charge in [0.25, 0.3) is 0 Å². The van der Waals surface area contributed by atoms with Crippen LogP contribution in [-0.4, -0.2) is 55.2 Å². The molecule has 0 aromatic carbocycles. The number of aliphatic hydroxyl groups excluding tert-OH is 1. The van der Waals surface area contributed by atoms with Gasteiger partial charge in [-0.3, -0.25) is 4.57 Å². The zero-order valence-electron chi connectivity index (χ0n) is 13.1. The van der Waals surface area contributed by atoms with Crippen molar-refractivity contribution in [2.45, 2.75) is 51.0 Å². The molecule has 0 spiro atoms. The minimum atomic E-state index is -0.423. The van der Waals surface area contributed by atoms with Crippen molar-refractivity contribution in [1.82, 2.24) is 19.5 Å². The fourth-order valence-corrected chi connectivity index (χ4v) is 2.84. The molecule has 8 heteroatoms. The number of rotatable bonds is 7. The van der Waals surface area contributed by atoms with E-state index in [-0.39, 0.29) is 24.7 Å². The van der Waals surface area contributed by atoms with Crippen LogP contribution in [0.1, 0.15) is 38.8 Å². The number of aromatic nitrogens is 4. The number of aliphatic hydroxyl groups is 1. The van der Waals surface area contributed by atoms with Gasteiger partial charge in [0.15, 0.2) is 17.4 Å². The topological polar surface area (TPSA) is 103 Å². The van der Waals surface area contributed by atoms with Crippen molar-refractivity contribution in [2.24, 2.45) is 0 Å². The lowest BCUT2D eigenvalue weighted by Crippen LogP contribution is -2.23. The van der Waals surface area contributed by atoms with E-state index in [0.29, 0.717) is 24.2 Å². The third-order valence-electron chi connectivity index (χ3n) is 4.04. The van der Waals surface area contributed by atoms with Gasteiger partial charge in [-0.2, -0.15) is 4.98 Å². The molecule has 3 atom stereocenters. The van der Waals surface area contributed by atoms with Crippen molar-refractivity contribution in [3.05, 3.63) is 12.7 Å². The van der Waals surface area contributed by atoms with Gasteiger partial charge in [0.05, 0.1) is 19.0 Å². The molecular formula is C15H22N4O4. The van der Waals surface area contributed by atoms with Crippen LogP contribution >= 0.6 is 0 Å². The molecule has 1 fully saturated rings. The summed E-state index contributed by atoms with van der Waals surface area (Å²) in [5.74, 6) is -0.161. The predicted octanol–water partition coefficient (Wildman–Crippen LogP) is 1.39. The van der Waals surface area contributed by atoms with Crippen molar-refractivity contribution in [2.75, 3.05) is 13.2 Å².